The topological polar surface area (TPSA) is 58.6 Å². The van der Waals surface area contributed by atoms with E-state index in [2.05, 4.69) is 5.32 Å². The maximum Gasteiger partial charge on any atom is 0.256 e. The predicted molar refractivity (Wildman–Crippen MR) is 110 cm³/mol. The third kappa shape index (κ3) is 5.92. The smallest absolute Gasteiger partial charge is 0.256 e. The summed E-state index contributed by atoms with van der Waals surface area (Å²) < 4.78 is 32.4. The molecule has 1 aliphatic rings. The van der Waals surface area contributed by atoms with E-state index in [4.69, 9.17) is 16.3 Å². The highest BCUT2D eigenvalue weighted by Crippen LogP contribution is 2.23. The number of piperidine rings is 1. The van der Waals surface area contributed by atoms with E-state index in [-0.39, 0.29) is 17.5 Å². The van der Waals surface area contributed by atoms with Gasteiger partial charge < -0.3 is 15.0 Å². The number of ether oxygens (including phenoxy) is 1. The van der Waals surface area contributed by atoms with Crippen LogP contribution in [0.5, 0.6) is 5.75 Å². The summed E-state index contributed by atoms with van der Waals surface area (Å²) in [6.07, 6.45) is 2.04. The zero-order chi connectivity index (χ0) is 21.5. The fourth-order valence-corrected chi connectivity index (χ4v) is 3.53. The molecule has 0 atom stereocenters. The van der Waals surface area contributed by atoms with Gasteiger partial charge in [0.1, 0.15) is 17.4 Å². The second-order valence-corrected chi connectivity index (χ2v) is 7.55. The van der Waals surface area contributed by atoms with E-state index in [9.17, 15) is 18.4 Å². The molecule has 1 aliphatic heterocycles. The molecule has 30 heavy (non-hydrogen) atoms. The highest BCUT2D eigenvalue weighted by atomic mass is 35.5. The van der Waals surface area contributed by atoms with E-state index in [0.717, 1.165) is 12.1 Å². The van der Waals surface area contributed by atoms with Gasteiger partial charge in [-0.15, -0.1) is 0 Å². The molecule has 2 amide bonds. The molecule has 1 fully saturated rings. The van der Waals surface area contributed by atoms with Crippen LogP contribution in [0.4, 0.5) is 8.78 Å². The Balaban J connectivity index is 1.37. The van der Waals surface area contributed by atoms with Crippen LogP contribution in [0.1, 0.15) is 36.0 Å². The molecule has 5 nitrogen and oxygen atoms in total. The Morgan fingerprint density at radius 1 is 1.13 bits per heavy atom. The molecule has 0 unspecified atom stereocenters. The second kappa shape index (κ2) is 10.4. The average molecular weight is 437 g/mol. The minimum absolute atomic E-state index is 0.0379. The standard InChI is InChI=1S/C22H23ClF2N2O3/c23-18-4-1-2-5-20(18)30-13-3-6-21(28)26-16-9-11-27(12-10-16)22(29)17-8-7-15(24)14-19(17)25/h1-2,4-5,7-8,14,16H,3,6,9-13H2,(H,26,28). The maximum absolute atomic E-state index is 13.8. The molecule has 8 heteroatoms. The van der Waals surface area contributed by atoms with Crippen molar-refractivity contribution in [1.82, 2.24) is 10.2 Å². The van der Waals surface area contributed by atoms with Gasteiger partial charge in [-0.2, -0.15) is 0 Å². The summed E-state index contributed by atoms with van der Waals surface area (Å²) >= 11 is 6.01. The van der Waals surface area contributed by atoms with Crippen molar-refractivity contribution in [3.8, 4) is 5.75 Å². The number of nitrogens with one attached hydrogen (secondary N) is 1. The highest BCUT2D eigenvalue weighted by Gasteiger charge is 2.26. The molecule has 0 aromatic heterocycles. The lowest BCUT2D eigenvalue weighted by molar-refractivity contribution is -0.122. The van der Waals surface area contributed by atoms with Crippen LogP contribution in [0.25, 0.3) is 0 Å². The number of hydrogen-bond donors (Lipinski definition) is 1. The molecule has 0 radical (unpaired) electrons. The number of nitrogens with zero attached hydrogens (tertiary/aromatic N) is 1. The summed E-state index contributed by atoms with van der Waals surface area (Å²) in [5, 5.41) is 3.50. The Morgan fingerprint density at radius 3 is 2.57 bits per heavy atom. The third-order valence-corrected chi connectivity index (χ3v) is 5.26. The number of carbonyl (C=O) groups excluding carboxylic acids is 2. The molecular weight excluding hydrogens is 414 g/mol. The minimum atomic E-state index is -0.866. The molecule has 1 heterocycles. The van der Waals surface area contributed by atoms with Crippen LogP contribution < -0.4 is 10.1 Å². The van der Waals surface area contributed by atoms with Gasteiger partial charge in [0.15, 0.2) is 0 Å². The molecule has 0 spiro atoms. The summed E-state index contributed by atoms with van der Waals surface area (Å²) in [7, 11) is 0. The van der Waals surface area contributed by atoms with Crippen molar-refractivity contribution in [2.75, 3.05) is 19.7 Å². The van der Waals surface area contributed by atoms with Crippen molar-refractivity contribution in [2.45, 2.75) is 31.7 Å². The van der Waals surface area contributed by atoms with Crippen LogP contribution in [0.15, 0.2) is 42.5 Å². The number of rotatable bonds is 7. The van der Waals surface area contributed by atoms with Gasteiger partial charge >= 0.3 is 0 Å². The zero-order valence-corrected chi connectivity index (χ0v) is 17.1. The number of halogens is 3. The number of benzene rings is 2. The minimum Gasteiger partial charge on any atom is -0.492 e. The summed E-state index contributed by atoms with van der Waals surface area (Å²) in [6.45, 7) is 1.18. The van der Waals surface area contributed by atoms with Crippen LogP contribution in [0.3, 0.4) is 0 Å². The van der Waals surface area contributed by atoms with Crippen LogP contribution in [-0.4, -0.2) is 42.5 Å². The lowest BCUT2D eigenvalue weighted by Gasteiger charge is -2.32. The number of amides is 2. The highest BCUT2D eigenvalue weighted by molar-refractivity contribution is 6.32. The van der Waals surface area contributed by atoms with E-state index >= 15 is 0 Å². The van der Waals surface area contributed by atoms with E-state index in [1.807, 2.05) is 12.1 Å². The molecule has 160 valence electrons. The summed E-state index contributed by atoms with van der Waals surface area (Å²) in [6, 6.07) is 10.1. The number of hydrogen-bond acceptors (Lipinski definition) is 3. The SMILES string of the molecule is O=C(CCCOc1ccccc1Cl)NC1CCN(C(=O)c2ccc(F)cc2F)CC1. The van der Waals surface area contributed by atoms with E-state index in [0.29, 0.717) is 62.2 Å². The van der Waals surface area contributed by atoms with Gasteiger partial charge in [-0.1, -0.05) is 23.7 Å². The molecule has 2 aromatic rings. The van der Waals surface area contributed by atoms with Crippen molar-refractivity contribution >= 4 is 23.4 Å². The van der Waals surface area contributed by atoms with Gasteiger partial charge in [0.05, 0.1) is 17.2 Å². The number of likely N-dealkylation sites (tertiary alicyclic amines) is 1. The Bertz CT molecular complexity index is 902. The molecule has 0 bridgehead atoms. The van der Waals surface area contributed by atoms with Crippen molar-refractivity contribution < 1.29 is 23.1 Å². The quantitative estimate of drug-likeness (QED) is 0.662. The number of para-hydroxylation sites is 1. The van der Waals surface area contributed by atoms with Gasteiger partial charge in [0.25, 0.3) is 5.91 Å². The lowest BCUT2D eigenvalue weighted by atomic mass is 10.0. The monoisotopic (exact) mass is 436 g/mol. The molecule has 1 saturated heterocycles. The molecule has 0 saturated carbocycles. The van der Waals surface area contributed by atoms with Gasteiger partial charge in [0, 0.05) is 31.6 Å². The Hall–Kier alpha value is -2.67. The van der Waals surface area contributed by atoms with Gasteiger partial charge in [-0.25, -0.2) is 8.78 Å². The van der Waals surface area contributed by atoms with Gasteiger partial charge in [0.2, 0.25) is 5.91 Å². The fraction of sp³-hybridized carbons (Fsp3) is 0.364. The van der Waals surface area contributed by atoms with Crippen molar-refractivity contribution in [3.63, 3.8) is 0 Å². The van der Waals surface area contributed by atoms with Crippen LogP contribution >= 0.6 is 11.6 Å². The van der Waals surface area contributed by atoms with Crippen LogP contribution in [0.2, 0.25) is 5.02 Å². The van der Waals surface area contributed by atoms with Crippen LogP contribution in [-0.2, 0) is 4.79 Å². The average Bonchev–Trinajstić information content (AvgIpc) is 2.72. The first-order valence-corrected chi connectivity index (χ1v) is 10.2. The largest absolute Gasteiger partial charge is 0.492 e. The number of carbonyl (C=O) groups is 2. The van der Waals surface area contributed by atoms with E-state index in [1.165, 1.54) is 4.90 Å². The van der Waals surface area contributed by atoms with Crippen molar-refractivity contribution in [1.29, 1.82) is 0 Å². The first-order valence-electron chi connectivity index (χ1n) is 9.85. The molecule has 0 aliphatic carbocycles. The summed E-state index contributed by atoms with van der Waals surface area (Å²) in [4.78, 5) is 26.1. The molecular formula is C22H23ClF2N2O3. The maximum atomic E-state index is 13.8. The lowest BCUT2D eigenvalue weighted by Crippen LogP contribution is -2.46. The third-order valence-electron chi connectivity index (χ3n) is 4.95. The molecule has 3 rings (SSSR count). The molecule has 2 aromatic carbocycles. The molecule has 1 N–H and O–H groups in total. The van der Waals surface area contributed by atoms with Gasteiger partial charge in [-0.3, -0.25) is 9.59 Å². The predicted octanol–water partition coefficient (Wildman–Crippen LogP) is 4.20. The summed E-state index contributed by atoms with van der Waals surface area (Å²) in [5.74, 6) is -1.53. The van der Waals surface area contributed by atoms with E-state index in [1.54, 1.807) is 12.1 Å². The first-order chi connectivity index (χ1) is 14.4. The Morgan fingerprint density at radius 2 is 1.87 bits per heavy atom. The van der Waals surface area contributed by atoms with Crippen molar-refractivity contribution in [2.24, 2.45) is 0 Å². The van der Waals surface area contributed by atoms with Crippen molar-refractivity contribution in [3.05, 3.63) is 64.7 Å². The normalized spacial score (nSPS) is 14.4. The first kappa shape index (κ1) is 22.0. The second-order valence-electron chi connectivity index (χ2n) is 7.14. The Kier molecular flexibility index (Phi) is 7.63. The summed E-state index contributed by atoms with van der Waals surface area (Å²) in [5.41, 5.74) is -0.141. The van der Waals surface area contributed by atoms with Gasteiger partial charge in [-0.05, 0) is 43.5 Å². The van der Waals surface area contributed by atoms with Crippen LogP contribution in [0, 0.1) is 11.6 Å². The Labute approximate surface area is 179 Å². The van der Waals surface area contributed by atoms with E-state index < -0.39 is 17.5 Å². The fourth-order valence-electron chi connectivity index (χ4n) is 3.34. The zero-order valence-electron chi connectivity index (χ0n) is 16.4.